The van der Waals surface area contributed by atoms with Gasteiger partial charge >= 0.3 is 0 Å². The van der Waals surface area contributed by atoms with Gasteiger partial charge in [0.05, 0.1) is 10.2 Å². The smallest absolute Gasteiger partial charge is 0.278 e. The minimum atomic E-state index is -0.0584. The van der Waals surface area contributed by atoms with Gasteiger partial charge in [0, 0.05) is 26.3 Å². The molecule has 0 spiro atoms. The fraction of sp³-hybridized carbons (Fsp3) is 0.450. The number of likely N-dealkylation sites (N-methyl/N-ethyl adjacent to an activating group) is 1. The van der Waals surface area contributed by atoms with Crippen molar-refractivity contribution in [2.24, 2.45) is 7.05 Å². The molecule has 2 heterocycles. The molecule has 0 radical (unpaired) electrons. The third kappa shape index (κ3) is 4.20. The molecule has 144 valence electrons. The zero-order valence-electron chi connectivity index (χ0n) is 16.5. The number of fused-ring (bicyclic) bond motifs is 1. The van der Waals surface area contributed by atoms with Crippen LogP contribution in [-0.4, -0.2) is 51.8 Å². The first-order valence-electron chi connectivity index (χ1n) is 9.49. The lowest BCUT2D eigenvalue weighted by atomic mass is 10.2. The lowest BCUT2D eigenvalue weighted by molar-refractivity contribution is 0.0974. The molecule has 3 rings (SSSR count). The molecule has 1 amide bonds. The number of hydrogen-bond acceptors (Lipinski definition) is 5. The summed E-state index contributed by atoms with van der Waals surface area (Å²) < 4.78 is 2.74. The first kappa shape index (κ1) is 19.5. The van der Waals surface area contributed by atoms with Crippen LogP contribution in [0.1, 0.15) is 36.8 Å². The lowest BCUT2D eigenvalue weighted by Gasteiger charge is -2.24. The molecule has 27 heavy (non-hydrogen) atoms. The number of hydrogen-bond donors (Lipinski definition) is 0. The molecule has 1 aromatic carbocycles. The second-order valence-electron chi connectivity index (χ2n) is 6.48. The molecule has 0 N–H and O–H groups in total. The SMILES string of the molecule is CCc1ccc2nc(N(CCN(CC)CC)C(=O)c3ccnn3C)sc2c1. The molecule has 0 saturated carbocycles. The number of carbonyl (C=O) groups is 1. The Kier molecular flexibility index (Phi) is 6.23. The van der Waals surface area contributed by atoms with Crippen molar-refractivity contribution in [2.45, 2.75) is 27.2 Å². The van der Waals surface area contributed by atoms with Gasteiger partial charge in [0.1, 0.15) is 5.69 Å². The van der Waals surface area contributed by atoms with Gasteiger partial charge in [0.2, 0.25) is 0 Å². The van der Waals surface area contributed by atoms with E-state index in [9.17, 15) is 4.79 Å². The highest BCUT2D eigenvalue weighted by molar-refractivity contribution is 7.22. The van der Waals surface area contributed by atoms with E-state index in [1.165, 1.54) is 5.56 Å². The minimum Gasteiger partial charge on any atom is -0.302 e. The summed E-state index contributed by atoms with van der Waals surface area (Å²) in [5.41, 5.74) is 2.80. The van der Waals surface area contributed by atoms with Gasteiger partial charge in [-0.2, -0.15) is 5.10 Å². The Labute approximate surface area is 164 Å². The van der Waals surface area contributed by atoms with Crippen molar-refractivity contribution in [2.75, 3.05) is 31.1 Å². The molecule has 0 aliphatic rings. The fourth-order valence-electron chi connectivity index (χ4n) is 3.08. The topological polar surface area (TPSA) is 54.3 Å². The van der Waals surface area contributed by atoms with Crippen LogP contribution in [0.2, 0.25) is 0 Å². The number of amides is 1. The van der Waals surface area contributed by atoms with Gasteiger partial charge in [-0.1, -0.05) is 38.2 Å². The predicted molar refractivity (Wildman–Crippen MR) is 112 cm³/mol. The number of thiazole rings is 1. The van der Waals surface area contributed by atoms with Gasteiger partial charge in [0.15, 0.2) is 5.13 Å². The molecule has 2 aromatic heterocycles. The number of anilines is 1. The van der Waals surface area contributed by atoms with E-state index < -0.39 is 0 Å². The number of carbonyl (C=O) groups excluding carboxylic acids is 1. The zero-order chi connectivity index (χ0) is 19.4. The molecule has 0 unspecified atom stereocenters. The highest BCUT2D eigenvalue weighted by Gasteiger charge is 2.24. The molecule has 0 atom stereocenters. The zero-order valence-corrected chi connectivity index (χ0v) is 17.3. The lowest BCUT2D eigenvalue weighted by Crippen LogP contribution is -2.39. The largest absolute Gasteiger partial charge is 0.302 e. The Morgan fingerprint density at radius 3 is 2.56 bits per heavy atom. The monoisotopic (exact) mass is 385 g/mol. The summed E-state index contributed by atoms with van der Waals surface area (Å²) in [6.45, 7) is 9.76. The van der Waals surface area contributed by atoms with Crippen LogP contribution in [0.25, 0.3) is 10.2 Å². The summed E-state index contributed by atoms with van der Waals surface area (Å²) in [7, 11) is 1.79. The molecular formula is C20H27N5OS. The van der Waals surface area contributed by atoms with E-state index in [1.54, 1.807) is 40.2 Å². The summed E-state index contributed by atoms with van der Waals surface area (Å²) in [6.07, 6.45) is 2.64. The van der Waals surface area contributed by atoms with Gasteiger partial charge in [0.25, 0.3) is 5.91 Å². The Morgan fingerprint density at radius 2 is 1.93 bits per heavy atom. The highest BCUT2D eigenvalue weighted by atomic mass is 32.1. The Morgan fingerprint density at radius 1 is 1.15 bits per heavy atom. The third-order valence-corrected chi connectivity index (χ3v) is 5.94. The summed E-state index contributed by atoms with van der Waals surface area (Å²) in [6, 6.07) is 8.09. The maximum absolute atomic E-state index is 13.2. The van der Waals surface area contributed by atoms with Gasteiger partial charge in [-0.25, -0.2) is 4.98 Å². The summed E-state index contributed by atoms with van der Waals surface area (Å²) in [5, 5.41) is 4.90. The van der Waals surface area contributed by atoms with Crippen LogP contribution in [0.5, 0.6) is 0 Å². The maximum atomic E-state index is 13.2. The van der Waals surface area contributed by atoms with E-state index in [-0.39, 0.29) is 5.91 Å². The van der Waals surface area contributed by atoms with E-state index in [0.29, 0.717) is 12.2 Å². The van der Waals surface area contributed by atoms with E-state index in [4.69, 9.17) is 4.98 Å². The average Bonchev–Trinajstić information content (AvgIpc) is 3.30. The van der Waals surface area contributed by atoms with Crippen LogP contribution >= 0.6 is 11.3 Å². The number of aromatic nitrogens is 3. The van der Waals surface area contributed by atoms with Crippen LogP contribution in [0.15, 0.2) is 30.5 Å². The molecule has 0 bridgehead atoms. The van der Waals surface area contributed by atoms with Crippen molar-refractivity contribution in [1.82, 2.24) is 19.7 Å². The van der Waals surface area contributed by atoms with Crippen LogP contribution < -0.4 is 4.90 Å². The molecule has 7 heteroatoms. The molecule has 6 nitrogen and oxygen atoms in total. The normalized spacial score (nSPS) is 11.4. The van der Waals surface area contributed by atoms with Crippen LogP contribution in [0.3, 0.4) is 0 Å². The molecule has 0 saturated heterocycles. The average molecular weight is 386 g/mol. The molecule has 0 fully saturated rings. The van der Waals surface area contributed by atoms with Crippen molar-refractivity contribution < 1.29 is 4.79 Å². The first-order valence-corrected chi connectivity index (χ1v) is 10.3. The summed E-state index contributed by atoms with van der Waals surface area (Å²) in [5.74, 6) is -0.0584. The molecule has 0 aliphatic carbocycles. The number of aryl methyl sites for hydroxylation is 2. The van der Waals surface area contributed by atoms with Crippen molar-refractivity contribution >= 4 is 32.6 Å². The van der Waals surface area contributed by atoms with Gasteiger partial charge in [-0.3, -0.25) is 14.4 Å². The first-order chi connectivity index (χ1) is 13.1. The van der Waals surface area contributed by atoms with E-state index in [1.807, 2.05) is 6.07 Å². The quantitative estimate of drug-likeness (QED) is 0.595. The second kappa shape index (κ2) is 8.63. The maximum Gasteiger partial charge on any atom is 0.278 e. The molecule has 3 aromatic rings. The van der Waals surface area contributed by atoms with E-state index in [0.717, 1.165) is 41.4 Å². The Bertz CT molecular complexity index is 912. The van der Waals surface area contributed by atoms with Crippen molar-refractivity contribution in [3.05, 3.63) is 41.7 Å². The molecular weight excluding hydrogens is 358 g/mol. The molecule has 0 aliphatic heterocycles. The number of benzene rings is 1. The number of rotatable bonds is 8. The van der Waals surface area contributed by atoms with Crippen LogP contribution in [-0.2, 0) is 13.5 Å². The van der Waals surface area contributed by atoms with Crippen molar-refractivity contribution in [3.8, 4) is 0 Å². The van der Waals surface area contributed by atoms with Gasteiger partial charge < -0.3 is 4.90 Å². The Hall–Kier alpha value is -2.25. The van der Waals surface area contributed by atoms with Crippen LogP contribution in [0.4, 0.5) is 5.13 Å². The van der Waals surface area contributed by atoms with Gasteiger partial charge in [-0.15, -0.1) is 0 Å². The standard InChI is InChI=1S/C20H27N5OS/c1-5-15-8-9-16-18(14-15)27-20(22-16)25(13-12-24(6-2)7-3)19(26)17-10-11-21-23(17)4/h8-11,14H,5-7,12-13H2,1-4H3. The predicted octanol–water partition coefficient (Wildman–Crippen LogP) is 3.58. The Balaban J connectivity index is 1.95. The van der Waals surface area contributed by atoms with Crippen molar-refractivity contribution in [3.63, 3.8) is 0 Å². The minimum absolute atomic E-state index is 0.0584. The van der Waals surface area contributed by atoms with Gasteiger partial charge in [-0.05, 0) is 43.3 Å². The third-order valence-electron chi connectivity index (χ3n) is 4.90. The summed E-state index contributed by atoms with van der Waals surface area (Å²) in [4.78, 5) is 22.1. The van der Waals surface area contributed by atoms with Crippen LogP contribution in [0, 0.1) is 0 Å². The van der Waals surface area contributed by atoms with E-state index in [2.05, 4.69) is 42.9 Å². The van der Waals surface area contributed by atoms with Crippen molar-refractivity contribution in [1.29, 1.82) is 0 Å². The fourth-order valence-corrected chi connectivity index (χ4v) is 4.13. The highest BCUT2D eigenvalue weighted by Crippen LogP contribution is 2.30. The summed E-state index contributed by atoms with van der Waals surface area (Å²) >= 11 is 1.58. The second-order valence-corrected chi connectivity index (χ2v) is 7.48. The number of nitrogens with zero attached hydrogens (tertiary/aromatic N) is 5. The van der Waals surface area contributed by atoms with E-state index >= 15 is 0 Å².